The number of aryl methyl sites for hydroxylation is 1. The summed E-state index contributed by atoms with van der Waals surface area (Å²) in [5.74, 6) is 0.662. The van der Waals surface area contributed by atoms with Crippen LogP contribution in [-0.4, -0.2) is 0 Å². The van der Waals surface area contributed by atoms with Crippen molar-refractivity contribution in [3.63, 3.8) is 0 Å². The summed E-state index contributed by atoms with van der Waals surface area (Å²) in [5.41, 5.74) is 2.79. The minimum Gasteiger partial charge on any atom is -0.0648 e. The highest BCUT2D eigenvalue weighted by Gasteiger charge is 2.03. The number of fused-ring (bicyclic) bond motifs is 1. The lowest BCUT2D eigenvalue weighted by Gasteiger charge is -2.10. The van der Waals surface area contributed by atoms with Gasteiger partial charge in [0, 0.05) is 0 Å². The maximum absolute atomic E-state index is 2.33. The van der Waals surface area contributed by atoms with Gasteiger partial charge < -0.3 is 0 Å². The van der Waals surface area contributed by atoms with Crippen molar-refractivity contribution >= 4 is 10.8 Å². The molecule has 0 N–H and O–H groups in total. The van der Waals surface area contributed by atoms with Crippen molar-refractivity contribution in [2.24, 2.45) is 0 Å². The molecule has 0 aliphatic rings. The van der Waals surface area contributed by atoms with Crippen LogP contribution in [0, 0.1) is 6.92 Å². The molecule has 0 fully saturated rings. The molecule has 0 heteroatoms. The zero-order valence-corrected chi connectivity index (χ0v) is 9.75. The zero-order chi connectivity index (χ0) is 10.8. The van der Waals surface area contributed by atoms with Crippen LogP contribution in [0.1, 0.15) is 37.3 Å². The highest BCUT2D eigenvalue weighted by Crippen LogP contribution is 2.24. The fourth-order valence-electron chi connectivity index (χ4n) is 1.93. The third-order valence-electron chi connectivity index (χ3n) is 3.20. The SMILES string of the molecule is CC[C@H](C)c1ccc2ccc(C)cc2c1. The van der Waals surface area contributed by atoms with E-state index in [1.807, 2.05) is 0 Å². The van der Waals surface area contributed by atoms with Crippen molar-refractivity contribution in [1.82, 2.24) is 0 Å². The topological polar surface area (TPSA) is 0 Å². The van der Waals surface area contributed by atoms with E-state index in [-0.39, 0.29) is 0 Å². The summed E-state index contributed by atoms with van der Waals surface area (Å²) in [6.07, 6.45) is 1.21. The first kappa shape index (κ1) is 10.2. The number of benzene rings is 2. The Labute approximate surface area is 91.9 Å². The minimum atomic E-state index is 0.662. The van der Waals surface area contributed by atoms with Crippen LogP contribution in [0.5, 0.6) is 0 Å². The molecule has 0 saturated carbocycles. The first-order valence-electron chi connectivity index (χ1n) is 5.71. The van der Waals surface area contributed by atoms with Crippen molar-refractivity contribution in [3.8, 4) is 0 Å². The van der Waals surface area contributed by atoms with E-state index < -0.39 is 0 Å². The van der Waals surface area contributed by atoms with Gasteiger partial charge in [0.2, 0.25) is 0 Å². The fraction of sp³-hybridized carbons (Fsp3) is 0.333. The third kappa shape index (κ3) is 2.04. The predicted octanol–water partition coefficient (Wildman–Crippen LogP) is 4.66. The van der Waals surface area contributed by atoms with Gasteiger partial charge in [0.25, 0.3) is 0 Å². The third-order valence-corrected chi connectivity index (χ3v) is 3.20. The van der Waals surface area contributed by atoms with Crippen LogP contribution in [0.25, 0.3) is 10.8 Å². The van der Waals surface area contributed by atoms with E-state index in [1.165, 1.54) is 28.3 Å². The molecule has 15 heavy (non-hydrogen) atoms. The van der Waals surface area contributed by atoms with E-state index in [4.69, 9.17) is 0 Å². The van der Waals surface area contributed by atoms with Gasteiger partial charge in [-0.05, 0) is 35.6 Å². The standard InChI is InChI=1S/C15H18/c1-4-12(3)14-8-7-13-6-5-11(2)9-15(13)10-14/h5-10,12H,4H2,1-3H3/t12-/m0/s1. The van der Waals surface area contributed by atoms with E-state index >= 15 is 0 Å². The van der Waals surface area contributed by atoms with Crippen LogP contribution in [-0.2, 0) is 0 Å². The summed E-state index contributed by atoms with van der Waals surface area (Å²) in [6.45, 7) is 6.68. The molecule has 0 radical (unpaired) electrons. The van der Waals surface area contributed by atoms with Crippen molar-refractivity contribution in [1.29, 1.82) is 0 Å². The average Bonchev–Trinajstić information content (AvgIpc) is 2.27. The zero-order valence-electron chi connectivity index (χ0n) is 9.75. The Balaban J connectivity index is 2.54. The lowest BCUT2D eigenvalue weighted by molar-refractivity contribution is 0.735. The summed E-state index contributed by atoms with van der Waals surface area (Å²) < 4.78 is 0. The molecular formula is C15H18. The summed E-state index contributed by atoms with van der Waals surface area (Å²) in [7, 11) is 0. The second kappa shape index (κ2) is 4.06. The van der Waals surface area contributed by atoms with Crippen LogP contribution < -0.4 is 0 Å². The van der Waals surface area contributed by atoms with Crippen LogP contribution >= 0.6 is 0 Å². The number of hydrogen-bond donors (Lipinski definition) is 0. The molecule has 0 unspecified atom stereocenters. The van der Waals surface area contributed by atoms with Gasteiger partial charge in [-0.3, -0.25) is 0 Å². The molecule has 78 valence electrons. The van der Waals surface area contributed by atoms with Crippen LogP contribution in [0.15, 0.2) is 36.4 Å². The lowest BCUT2D eigenvalue weighted by Crippen LogP contribution is -1.90. The van der Waals surface area contributed by atoms with Gasteiger partial charge in [-0.25, -0.2) is 0 Å². The number of rotatable bonds is 2. The van der Waals surface area contributed by atoms with Crippen molar-refractivity contribution in [2.75, 3.05) is 0 Å². The molecule has 2 aromatic carbocycles. The molecule has 0 saturated heterocycles. The van der Waals surface area contributed by atoms with E-state index in [2.05, 4.69) is 57.2 Å². The van der Waals surface area contributed by atoms with Gasteiger partial charge >= 0.3 is 0 Å². The average molecular weight is 198 g/mol. The Hall–Kier alpha value is -1.30. The summed E-state index contributed by atoms with van der Waals surface area (Å²) in [5, 5.41) is 2.71. The quantitative estimate of drug-likeness (QED) is 0.658. The molecule has 0 aromatic heterocycles. The monoisotopic (exact) mass is 198 g/mol. The molecule has 0 aliphatic heterocycles. The van der Waals surface area contributed by atoms with E-state index in [0.29, 0.717) is 5.92 Å². The molecular weight excluding hydrogens is 180 g/mol. The summed E-state index contributed by atoms with van der Waals surface area (Å²) in [6, 6.07) is 13.5. The van der Waals surface area contributed by atoms with Crippen LogP contribution in [0.4, 0.5) is 0 Å². The normalized spacial score (nSPS) is 13.0. The predicted molar refractivity (Wildman–Crippen MR) is 67.4 cm³/mol. The summed E-state index contributed by atoms with van der Waals surface area (Å²) >= 11 is 0. The Kier molecular flexibility index (Phi) is 2.77. The van der Waals surface area contributed by atoms with Crippen molar-refractivity contribution < 1.29 is 0 Å². The molecule has 0 heterocycles. The van der Waals surface area contributed by atoms with Gasteiger partial charge in [0.15, 0.2) is 0 Å². The van der Waals surface area contributed by atoms with Crippen LogP contribution in [0.3, 0.4) is 0 Å². The maximum atomic E-state index is 2.33. The number of hydrogen-bond acceptors (Lipinski definition) is 0. The smallest absolute Gasteiger partial charge is 0.0179 e. The van der Waals surface area contributed by atoms with Gasteiger partial charge in [0.05, 0.1) is 0 Å². The summed E-state index contributed by atoms with van der Waals surface area (Å²) in [4.78, 5) is 0. The van der Waals surface area contributed by atoms with Gasteiger partial charge in [0.1, 0.15) is 0 Å². The first-order valence-corrected chi connectivity index (χ1v) is 5.71. The Morgan fingerprint density at radius 2 is 1.73 bits per heavy atom. The van der Waals surface area contributed by atoms with Gasteiger partial charge in [-0.2, -0.15) is 0 Å². The Morgan fingerprint density at radius 3 is 2.47 bits per heavy atom. The highest BCUT2D eigenvalue weighted by atomic mass is 14.1. The first-order chi connectivity index (χ1) is 7.20. The largest absolute Gasteiger partial charge is 0.0648 e. The lowest BCUT2D eigenvalue weighted by atomic mass is 9.95. The second-order valence-corrected chi connectivity index (χ2v) is 4.42. The minimum absolute atomic E-state index is 0.662. The van der Waals surface area contributed by atoms with E-state index in [0.717, 1.165) is 0 Å². The van der Waals surface area contributed by atoms with E-state index in [9.17, 15) is 0 Å². The fourth-order valence-corrected chi connectivity index (χ4v) is 1.93. The molecule has 2 aromatic rings. The Bertz CT molecular complexity index is 468. The molecule has 0 nitrogen and oxygen atoms in total. The molecule has 2 rings (SSSR count). The highest BCUT2D eigenvalue weighted by molar-refractivity contribution is 5.83. The molecule has 0 amide bonds. The molecule has 0 spiro atoms. The molecule has 0 aliphatic carbocycles. The van der Waals surface area contributed by atoms with E-state index in [1.54, 1.807) is 0 Å². The van der Waals surface area contributed by atoms with Crippen LogP contribution in [0.2, 0.25) is 0 Å². The molecule has 1 atom stereocenters. The maximum Gasteiger partial charge on any atom is -0.0179 e. The van der Waals surface area contributed by atoms with Crippen molar-refractivity contribution in [2.45, 2.75) is 33.1 Å². The molecule has 0 bridgehead atoms. The Morgan fingerprint density at radius 1 is 1.00 bits per heavy atom. The second-order valence-electron chi connectivity index (χ2n) is 4.42. The van der Waals surface area contributed by atoms with Gasteiger partial charge in [-0.15, -0.1) is 0 Å². The van der Waals surface area contributed by atoms with Gasteiger partial charge in [-0.1, -0.05) is 55.8 Å². The van der Waals surface area contributed by atoms with Crippen molar-refractivity contribution in [3.05, 3.63) is 47.5 Å².